The van der Waals surface area contributed by atoms with Crippen molar-refractivity contribution in [2.75, 3.05) is 24.6 Å². The van der Waals surface area contributed by atoms with Crippen molar-refractivity contribution in [2.45, 2.75) is 39.4 Å². The molecule has 0 saturated carbocycles. The van der Waals surface area contributed by atoms with Crippen LogP contribution in [0.15, 0.2) is 12.3 Å². The lowest BCUT2D eigenvalue weighted by atomic mass is 10.0. The van der Waals surface area contributed by atoms with Crippen LogP contribution in [-0.4, -0.2) is 76.5 Å². The van der Waals surface area contributed by atoms with Crippen molar-refractivity contribution in [3.63, 3.8) is 0 Å². The van der Waals surface area contributed by atoms with Crippen molar-refractivity contribution < 1.29 is 18.0 Å². The van der Waals surface area contributed by atoms with E-state index in [4.69, 9.17) is 0 Å². The minimum Gasteiger partial charge on any atom is -0.335 e. The van der Waals surface area contributed by atoms with Crippen molar-refractivity contribution in [2.24, 2.45) is 5.92 Å². The molecule has 2 amide bonds. The molecule has 3 heterocycles. The van der Waals surface area contributed by atoms with E-state index in [0.717, 1.165) is 5.69 Å². The minimum absolute atomic E-state index is 0.0538. The summed E-state index contributed by atoms with van der Waals surface area (Å²) < 4.78 is 25.9. The van der Waals surface area contributed by atoms with E-state index in [1.54, 1.807) is 34.5 Å². The van der Waals surface area contributed by atoms with Gasteiger partial charge in [0.25, 0.3) is 0 Å². The number of carbonyl (C=O) groups excluding carboxylic acids is 2. The fraction of sp³-hybridized carbons (Fsp3) is 0.688. The molecule has 3 rings (SSSR count). The normalized spacial score (nSPS) is 25.3. The summed E-state index contributed by atoms with van der Waals surface area (Å²) in [7, 11) is -3.27. The summed E-state index contributed by atoms with van der Waals surface area (Å²) in [4.78, 5) is 28.4. The smallest absolute Gasteiger partial charge is 0.244 e. The Hall–Kier alpha value is -1.90. The third kappa shape index (κ3) is 3.56. The van der Waals surface area contributed by atoms with Crippen LogP contribution in [0.3, 0.4) is 0 Å². The molecule has 0 N–H and O–H groups in total. The molecule has 2 aliphatic rings. The first-order valence-corrected chi connectivity index (χ1v) is 10.3. The molecule has 2 aliphatic heterocycles. The molecule has 8 nitrogen and oxygen atoms in total. The summed E-state index contributed by atoms with van der Waals surface area (Å²) >= 11 is 0. The second-order valence-corrected chi connectivity index (χ2v) is 9.29. The molecule has 0 aliphatic carbocycles. The van der Waals surface area contributed by atoms with Gasteiger partial charge in [0.2, 0.25) is 11.8 Å². The standard InChI is InChI=1S/C16H24N4O4S/c1-11(2)16(22)20-7-6-19(13-9-25(23,24)10-14(13)20)15(21)8-18-5-4-12(3)17-18/h4-5,11,13-14H,6-10H2,1-3H3/t13-,14+/m0/s1. The fourth-order valence-corrected chi connectivity index (χ4v) is 5.63. The van der Waals surface area contributed by atoms with E-state index in [-0.39, 0.29) is 35.8 Å². The highest BCUT2D eigenvalue weighted by molar-refractivity contribution is 7.91. The Bertz CT molecular complexity index is 786. The molecule has 9 heteroatoms. The summed E-state index contributed by atoms with van der Waals surface area (Å²) in [6.07, 6.45) is 1.73. The second-order valence-electron chi connectivity index (χ2n) is 7.14. The number of sulfone groups is 1. The Morgan fingerprint density at radius 2 is 1.80 bits per heavy atom. The largest absolute Gasteiger partial charge is 0.335 e. The summed E-state index contributed by atoms with van der Waals surface area (Å²) in [6.45, 7) is 6.26. The Balaban J connectivity index is 1.81. The Labute approximate surface area is 147 Å². The second kappa shape index (κ2) is 6.44. The number of amides is 2. The molecule has 25 heavy (non-hydrogen) atoms. The SMILES string of the molecule is Cc1ccn(CC(=O)N2CCN(C(=O)C(C)C)[C@@H]3CS(=O)(=O)C[C@@H]32)n1. The van der Waals surface area contributed by atoms with Crippen molar-refractivity contribution in [3.8, 4) is 0 Å². The van der Waals surface area contributed by atoms with Gasteiger partial charge in [-0.2, -0.15) is 5.10 Å². The highest BCUT2D eigenvalue weighted by Gasteiger charge is 2.49. The number of hydrogen-bond donors (Lipinski definition) is 0. The summed E-state index contributed by atoms with van der Waals surface area (Å²) in [6, 6.07) is 0.901. The van der Waals surface area contributed by atoms with Crippen LogP contribution in [0.4, 0.5) is 0 Å². The van der Waals surface area contributed by atoms with Crippen LogP contribution in [0.1, 0.15) is 19.5 Å². The van der Waals surface area contributed by atoms with Crippen LogP contribution in [-0.2, 0) is 26.0 Å². The average molecular weight is 368 g/mol. The van der Waals surface area contributed by atoms with Gasteiger partial charge < -0.3 is 9.80 Å². The Morgan fingerprint density at radius 3 is 2.36 bits per heavy atom. The predicted octanol–water partition coefficient (Wildman–Crippen LogP) is -0.316. The van der Waals surface area contributed by atoms with Crippen LogP contribution >= 0.6 is 0 Å². The first-order chi connectivity index (χ1) is 11.7. The molecule has 0 aromatic carbocycles. The van der Waals surface area contributed by atoms with Gasteiger partial charge in [0.1, 0.15) is 6.54 Å². The van der Waals surface area contributed by atoms with E-state index in [1.807, 2.05) is 13.0 Å². The van der Waals surface area contributed by atoms with E-state index in [9.17, 15) is 18.0 Å². The van der Waals surface area contributed by atoms with Crippen molar-refractivity contribution in [3.05, 3.63) is 18.0 Å². The fourth-order valence-electron chi connectivity index (χ4n) is 3.65. The Kier molecular flexibility index (Phi) is 4.61. The summed E-state index contributed by atoms with van der Waals surface area (Å²) in [5, 5.41) is 4.21. The summed E-state index contributed by atoms with van der Waals surface area (Å²) in [5.74, 6) is -0.559. The maximum atomic E-state index is 12.7. The number of fused-ring (bicyclic) bond motifs is 1. The van der Waals surface area contributed by atoms with Gasteiger partial charge in [0, 0.05) is 25.2 Å². The molecular weight excluding hydrogens is 344 g/mol. The molecule has 0 radical (unpaired) electrons. The predicted molar refractivity (Wildman–Crippen MR) is 91.5 cm³/mol. The van der Waals surface area contributed by atoms with Crippen LogP contribution in [0.25, 0.3) is 0 Å². The number of aromatic nitrogens is 2. The third-order valence-electron chi connectivity index (χ3n) is 4.84. The van der Waals surface area contributed by atoms with Gasteiger partial charge in [-0.05, 0) is 13.0 Å². The first-order valence-electron chi connectivity index (χ1n) is 8.48. The number of aryl methyl sites for hydroxylation is 1. The molecule has 0 unspecified atom stereocenters. The number of rotatable bonds is 3. The zero-order valence-electron chi connectivity index (χ0n) is 14.8. The van der Waals surface area contributed by atoms with Gasteiger partial charge in [0.15, 0.2) is 9.84 Å². The quantitative estimate of drug-likeness (QED) is 0.729. The maximum absolute atomic E-state index is 12.7. The number of carbonyl (C=O) groups is 2. The van der Waals surface area contributed by atoms with Gasteiger partial charge >= 0.3 is 0 Å². The van der Waals surface area contributed by atoms with E-state index in [0.29, 0.717) is 13.1 Å². The van der Waals surface area contributed by atoms with Crippen molar-refractivity contribution in [1.29, 1.82) is 0 Å². The van der Waals surface area contributed by atoms with Crippen LogP contribution < -0.4 is 0 Å². The molecule has 138 valence electrons. The highest BCUT2D eigenvalue weighted by atomic mass is 32.2. The Morgan fingerprint density at radius 1 is 1.20 bits per heavy atom. The van der Waals surface area contributed by atoms with Crippen LogP contribution in [0.5, 0.6) is 0 Å². The van der Waals surface area contributed by atoms with Crippen molar-refractivity contribution in [1.82, 2.24) is 19.6 Å². The minimum atomic E-state index is -3.27. The zero-order chi connectivity index (χ0) is 18.4. The van der Waals surface area contributed by atoms with Gasteiger partial charge in [-0.15, -0.1) is 0 Å². The van der Waals surface area contributed by atoms with Crippen molar-refractivity contribution >= 4 is 21.7 Å². The molecule has 0 spiro atoms. The zero-order valence-corrected chi connectivity index (χ0v) is 15.6. The van der Waals surface area contributed by atoms with E-state index in [1.165, 1.54) is 0 Å². The molecule has 2 fully saturated rings. The lowest BCUT2D eigenvalue weighted by Gasteiger charge is -2.44. The number of hydrogen-bond acceptors (Lipinski definition) is 5. The van der Waals surface area contributed by atoms with Gasteiger partial charge in [0.05, 0.1) is 29.3 Å². The van der Waals surface area contributed by atoms with Gasteiger partial charge in [-0.25, -0.2) is 8.42 Å². The maximum Gasteiger partial charge on any atom is 0.244 e. The van der Waals surface area contributed by atoms with Gasteiger partial charge in [-0.1, -0.05) is 13.8 Å². The number of piperazine rings is 1. The molecule has 0 bridgehead atoms. The van der Waals surface area contributed by atoms with Gasteiger partial charge in [-0.3, -0.25) is 14.3 Å². The molecule has 2 atom stereocenters. The highest BCUT2D eigenvalue weighted by Crippen LogP contribution is 2.28. The van der Waals surface area contributed by atoms with Crippen LogP contribution in [0.2, 0.25) is 0 Å². The van der Waals surface area contributed by atoms with Crippen LogP contribution in [0, 0.1) is 12.8 Å². The monoisotopic (exact) mass is 368 g/mol. The summed E-state index contributed by atoms with van der Waals surface area (Å²) in [5.41, 5.74) is 0.821. The van der Waals surface area contributed by atoms with E-state index in [2.05, 4.69) is 5.10 Å². The average Bonchev–Trinajstić information content (AvgIpc) is 3.06. The van der Waals surface area contributed by atoms with E-state index >= 15 is 0 Å². The first kappa shape index (κ1) is 17.9. The third-order valence-corrected chi connectivity index (χ3v) is 6.54. The topological polar surface area (TPSA) is 92.6 Å². The number of nitrogens with zero attached hydrogens (tertiary/aromatic N) is 4. The molecule has 2 saturated heterocycles. The molecule has 1 aromatic rings. The lowest BCUT2D eigenvalue weighted by Crippen LogP contribution is -2.62. The molecular formula is C16H24N4O4S. The lowest BCUT2D eigenvalue weighted by molar-refractivity contribution is -0.147. The van der Waals surface area contributed by atoms with E-state index < -0.39 is 21.9 Å². The molecule has 1 aromatic heterocycles.